The quantitative estimate of drug-likeness (QED) is 0.450. The molecule has 2 aromatic carbocycles. The monoisotopic (exact) mass is 524 g/mol. The molecule has 1 N–H and O–H groups in total. The van der Waals surface area contributed by atoms with Crippen LogP contribution in [-0.2, 0) is 20.5 Å². The van der Waals surface area contributed by atoms with Crippen molar-refractivity contribution in [2.24, 2.45) is 0 Å². The van der Waals surface area contributed by atoms with E-state index < -0.39 is 36.0 Å². The van der Waals surface area contributed by atoms with E-state index in [0.717, 1.165) is 6.07 Å². The van der Waals surface area contributed by atoms with Gasteiger partial charge < -0.3 is 24.3 Å². The number of methoxy groups -OCH3 is 1. The molecule has 3 aromatic rings. The average molecular weight is 524 g/mol. The Morgan fingerprint density at radius 1 is 1.03 bits per heavy atom. The number of hydrogen-bond acceptors (Lipinski definition) is 7. The van der Waals surface area contributed by atoms with Gasteiger partial charge in [0.1, 0.15) is 23.4 Å². The first-order valence-electron chi connectivity index (χ1n) is 12.2. The molecule has 1 fully saturated rings. The van der Waals surface area contributed by atoms with Crippen molar-refractivity contribution in [1.29, 1.82) is 0 Å². The molecule has 11 heteroatoms. The van der Waals surface area contributed by atoms with Crippen LogP contribution < -0.4 is 20.4 Å². The fourth-order valence-corrected chi connectivity index (χ4v) is 4.00. The Kier molecular flexibility index (Phi) is 7.71. The van der Waals surface area contributed by atoms with Crippen LogP contribution in [0.25, 0.3) is 0 Å². The van der Waals surface area contributed by atoms with Gasteiger partial charge in [0.05, 0.1) is 18.3 Å². The number of hydrogen-bond donors (Lipinski definition) is 1. The summed E-state index contributed by atoms with van der Waals surface area (Å²) in [7, 11) is 2.54. The molecular formula is C27H31BF2N4O4. The lowest BCUT2D eigenvalue weighted by Gasteiger charge is -2.32. The van der Waals surface area contributed by atoms with Crippen LogP contribution in [0.2, 0.25) is 0 Å². The number of carbonyl (C=O) groups is 1. The van der Waals surface area contributed by atoms with Crippen molar-refractivity contribution < 1.29 is 27.6 Å². The molecule has 1 aromatic heterocycles. The van der Waals surface area contributed by atoms with Crippen LogP contribution in [0.5, 0.6) is 5.75 Å². The number of benzene rings is 2. The van der Waals surface area contributed by atoms with E-state index in [1.165, 1.54) is 17.0 Å². The second-order valence-electron chi connectivity index (χ2n) is 10.2. The van der Waals surface area contributed by atoms with Crippen LogP contribution in [0.4, 0.5) is 20.4 Å². The van der Waals surface area contributed by atoms with Crippen molar-refractivity contribution in [2.45, 2.75) is 51.4 Å². The van der Waals surface area contributed by atoms with Gasteiger partial charge in [0.2, 0.25) is 11.9 Å². The first-order valence-corrected chi connectivity index (χ1v) is 12.2. The van der Waals surface area contributed by atoms with Crippen LogP contribution in [0.1, 0.15) is 33.3 Å². The number of anilines is 2. The van der Waals surface area contributed by atoms with Gasteiger partial charge in [-0.05, 0) is 69.7 Å². The van der Waals surface area contributed by atoms with E-state index in [1.807, 2.05) is 27.7 Å². The van der Waals surface area contributed by atoms with Gasteiger partial charge in [-0.1, -0.05) is 0 Å². The van der Waals surface area contributed by atoms with Crippen molar-refractivity contribution in [3.05, 3.63) is 72.1 Å². The fraction of sp³-hybridized carbons (Fsp3) is 0.370. The lowest BCUT2D eigenvalue weighted by Crippen LogP contribution is -2.43. The molecule has 1 saturated heterocycles. The van der Waals surface area contributed by atoms with Gasteiger partial charge in [-0.3, -0.25) is 4.79 Å². The van der Waals surface area contributed by atoms with E-state index in [0.29, 0.717) is 22.5 Å². The van der Waals surface area contributed by atoms with Crippen molar-refractivity contribution in [1.82, 2.24) is 9.97 Å². The summed E-state index contributed by atoms with van der Waals surface area (Å²) in [5, 5.41) is 3.03. The highest BCUT2D eigenvalue weighted by Gasteiger charge is 2.52. The number of nitrogens with zero attached hydrogens (tertiary/aromatic N) is 3. The molecule has 38 heavy (non-hydrogen) atoms. The SMILES string of the molecule is COc1ccc(N(C)C(=O)[C@H](Cc2cc(F)cc(F)c2)Nc2ncc(B3OC(C)(C)C(C)(C)O3)cn2)cc1. The molecule has 2 heterocycles. The maximum absolute atomic E-state index is 13.9. The lowest BCUT2D eigenvalue weighted by atomic mass is 9.81. The highest BCUT2D eigenvalue weighted by molar-refractivity contribution is 6.61. The topological polar surface area (TPSA) is 85.8 Å². The predicted octanol–water partition coefficient (Wildman–Crippen LogP) is 3.75. The van der Waals surface area contributed by atoms with Gasteiger partial charge in [-0.25, -0.2) is 18.7 Å². The van der Waals surface area contributed by atoms with Gasteiger partial charge in [-0.2, -0.15) is 0 Å². The third kappa shape index (κ3) is 5.94. The molecule has 0 bridgehead atoms. The fourth-order valence-electron chi connectivity index (χ4n) is 4.00. The summed E-state index contributed by atoms with van der Waals surface area (Å²) < 4.78 is 45.0. The molecule has 0 radical (unpaired) electrons. The summed E-state index contributed by atoms with van der Waals surface area (Å²) in [6.07, 6.45) is 3.12. The van der Waals surface area contributed by atoms with E-state index in [2.05, 4.69) is 15.3 Å². The Morgan fingerprint density at radius 3 is 2.11 bits per heavy atom. The number of carbonyl (C=O) groups excluding carboxylic acids is 1. The summed E-state index contributed by atoms with van der Waals surface area (Å²) in [6, 6.07) is 9.21. The van der Waals surface area contributed by atoms with E-state index in [9.17, 15) is 13.6 Å². The van der Waals surface area contributed by atoms with Gasteiger partial charge >= 0.3 is 7.12 Å². The van der Waals surface area contributed by atoms with E-state index >= 15 is 0 Å². The summed E-state index contributed by atoms with van der Waals surface area (Å²) in [6.45, 7) is 7.81. The summed E-state index contributed by atoms with van der Waals surface area (Å²) in [5.41, 5.74) is 0.520. The predicted molar refractivity (Wildman–Crippen MR) is 142 cm³/mol. The number of likely N-dealkylation sites (N-methyl/N-ethyl adjacent to an activating group) is 1. The highest BCUT2D eigenvalue weighted by Crippen LogP contribution is 2.36. The van der Waals surface area contributed by atoms with Crippen LogP contribution >= 0.6 is 0 Å². The number of nitrogens with one attached hydrogen (secondary N) is 1. The number of halogens is 2. The zero-order valence-electron chi connectivity index (χ0n) is 22.3. The third-order valence-corrected chi connectivity index (χ3v) is 6.95. The smallest absolute Gasteiger partial charge is 0.497 e. The minimum absolute atomic E-state index is 0.00363. The molecule has 0 unspecified atom stereocenters. The van der Waals surface area contributed by atoms with Crippen LogP contribution in [0, 0.1) is 11.6 Å². The van der Waals surface area contributed by atoms with Crippen LogP contribution in [0.15, 0.2) is 54.9 Å². The van der Waals surface area contributed by atoms with Crippen molar-refractivity contribution >= 4 is 30.1 Å². The Morgan fingerprint density at radius 2 is 1.58 bits per heavy atom. The van der Waals surface area contributed by atoms with Crippen molar-refractivity contribution in [2.75, 3.05) is 24.4 Å². The van der Waals surface area contributed by atoms with Crippen LogP contribution in [0.3, 0.4) is 0 Å². The van der Waals surface area contributed by atoms with Crippen LogP contribution in [-0.4, -0.2) is 54.4 Å². The number of aromatic nitrogens is 2. The maximum atomic E-state index is 13.9. The van der Waals surface area contributed by atoms with Gasteiger partial charge in [0.15, 0.2) is 0 Å². The Bertz CT molecular complexity index is 1250. The molecule has 1 aliphatic heterocycles. The average Bonchev–Trinajstić information content (AvgIpc) is 3.09. The summed E-state index contributed by atoms with van der Waals surface area (Å²) in [5.74, 6) is -0.979. The maximum Gasteiger partial charge on any atom is 0.498 e. The standard InChI is InChI=1S/C27H31BF2N4O4/c1-26(2)27(3,4)38-28(37-26)18-15-31-25(32-16-18)33-23(13-17-11-19(29)14-20(30)12-17)24(35)34(5)21-7-9-22(36-6)10-8-21/h7-12,14-16,23H,13H2,1-6H3,(H,31,32,33)/t23-/m0/s1. The van der Waals surface area contributed by atoms with E-state index in [4.69, 9.17) is 14.0 Å². The second kappa shape index (κ2) is 10.7. The zero-order chi connectivity index (χ0) is 27.7. The molecule has 1 aliphatic rings. The zero-order valence-corrected chi connectivity index (χ0v) is 22.3. The Labute approximate surface area is 221 Å². The Hall–Kier alpha value is -3.57. The molecule has 0 aliphatic carbocycles. The third-order valence-electron chi connectivity index (χ3n) is 6.95. The molecule has 200 valence electrons. The normalized spacial score (nSPS) is 16.7. The first kappa shape index (κ1) is 27.5. The minimum Gasteiger partial charge on any atom is -0.497 e. The largest absolute Gasteiger partial charge is 0.498 e. The molecule has 4 rings (SSSR count). The Balaban J connectivity index is 1.56. The van der Waals surface area contributed by atoms with Gasteiger partial charge in [0, 0.05) is 43.1 Å². The van der Waals surface area contributed by atoms with Crippen molar-refractivity contribution in [3.8, 4) is 5.75 Å². The molecule has 1 atom stereocenters. The second-order valence-corrected chi connectivity index (χ2v) is 10.2. The molecule has 0 saturated carbocycles. The van der Waals surface area contributed by atoms with Gasteiger partial charge in [-0.15, -0.1) is 0 Å². The van der Waals surface area contributed by atoms with E-state index in [1.54, 1.807) is 50.8 Å². The highest BCUT2D eigenvalue weighted by atomic mass is 19.1. The first-order chi connectivity index (χ1) is 17.9. The van der Waals surface area contributed by atoms with Gasteiger partial charge in [0.25, 0.3) is 0 Å². The van der Waals surface area contributed by atoms with E-state index in [-0.39, 0.29) is 18.3 Å². The van der Waals surface area contributed by atoms with Crippen molar-refractivity contribution in [3.63, 3.8) is 0 Å². The lowest BCUT2D eigenvalue weighted by molar-refractivity contribution is -0.119. The number of ether oxygens (including phenoxy) is 1. The number of amides is 1. The summed E-state index contributed by atoms with van der Waals surface area (Å²) >= 11 is 0. The molecule has 0 spiro atoms. The minimum atomic E-state index is -0.925. The summed E-state index contributed by atoms with van der Waals surface area (Å²) in [4.78, 5) is 23.7. The molecular weight excluding hydrogens is 493 g/mol. The molecule has 1 amide bonds. The molecule has 8 nitrogen and oxygen atoms in total. The number of rotatable bonds is 8.